The fraction of sp³-hybridized carbons (Fsp3) is 0.212. The number of carbonyl (C=O) groups excluding carboxylic acids is 1. The van der Waals surface area contributed by atoms with Gasteiger partial charge in [0.15, 0.2) is 23.1 Å². The summed E-state index contributed by atoms with van der Waals surface area (Å²) in [4.78, 5) is 26.3. The number of hydrogen-bond acceptors (Lipinski definition) is 8. The summed E-state index contributed by atoms with van der Waals surface area (Å²) in [6, 6.07) is 17.3. The second-order valence-electron chi connectivity index (χ2n) is 9.89. The Morgan fingerprint density at radius 3 is 2.50 bits per heavy atom. The second-order valence-corrected chi connectivity index (χ2v) is 9.89. The highest BCUT2D eigenvalue weighted by molar-refractivity contribution is 6.06. The summed E-state index contributed by atoms with van der Waals surface area (Å²) in [5.41, 5.74) is 3.01. The molecule has 10 nitrogen and oxygen atoms in total. The van der Waals surface area contributed by atoms with Crippen LogP contribution in [0.15, 0.2) is 85.6 Å². The van der Waals surface area contributed by atoms with Crippen molar-refractivity contribution in [2.24, 2.45) is 0 Å². The minimum atomic E-state index is -0.538. The van der Waals surface area contributed by atoms with Gasteiger partial charge in [0.1, 0.15) is 5.56 Å². The number of imidazole rings is 1. The van der Waals surface area contributed by atoms with E-state index in [2.05, 4.69) is 25.6 Å². The molecule has 0 aliphatic carbocycles. The lowest BCUT2D eigenvalue weighted by Crippen LogP contribution is -2.16. The molecule has 44 heavy (non-hydrogen) atoms. The van der Waals surface area contributed by atoms with E-state index in [1.54, 1.807) is 36.8 Å². The van der Waals surface area contributed by atoms with Crippen molar-refractivity contribution in [2.45, 2.75) is 33.7 Å². The van der Waals surface area contributed by atoms with E-state index < -0.39 is 11.7 Å². The van der Waals surface area contributed by atoms with Crippen molar-refractivity contribution in [1.82, 2.24) is 19.5 Å². The van der Waals surface area contributed by atoms with Gasteiger partial charge in [-0.25, -0.2) is 14.4 Å². The highest BCUT2D eigenvalue weighted by Crippen LogP contribution is 2.33. The number of aromatic nitrogens is 4. The highest BCUT2D eigenvalue weighted by atomic mass is 19.1. The van der Waals surface area contributed by atoms with Crippen molar-refractivity contribution in [3.8, 4) is 23.1 Å². The molecule has 2 N–H and O–H groups in total. The first-order valence-corrected chi connectivity index (χ1v) is 14.2. The Bertz CT molecular complexity index is 1710. The zero-order chi connectivity index (χ0) is 30.9. The number of nitrogens with one attached hydrogen (secondary N) is 2. The van der Waals surface area contributed by atoms with Gasteiger partial charge >= 0.3 is 0 Å². The van der Waals surface area contributed by atoms with E-state index in [-0.39, 0.29) is 23.1 Å². The number of hydrogen-bond donors (Lipinski definition) is 2. The van der Waals surface area contributed by atoms with E-state index in [4.69, 9.17) is 14.2 Å². The van der Waals surface area contributed by atoms with E-state index in [0.717, 1.165) is 17.7 Å². The van der Waals surface area contributed by atoms with Gasteiger partial charge in [-0.3, -0.25) is 4.79 Å². The first kappa shape index (κ1) is 30.0. The van der Waals surface area contributed by atoms with Crippen LogP contribution in [0.5, 0.6) is 23.1 Å². The van der Waals surface area contributed by atoms with E-state index >= 15 is 0 Å². The number of benzene rings is 3. The van der Waals surface area contributed by atoms with Crippen LogP contribution in [-0.2, 0) is 6.54 Å². The molecule has 0 fully saturated rings. The van der Waals surface area contributed by atoms with Crippen molar-refractivity contribution in [3.63, 3.8) is 0 Å². The van der Waals surface area contributed by atoms with Gasteiger partial charge in [-0.15, -0.1) is 0 Å². The molecule has 11 heteroatoms. The van der Waals surface area contributed by atoms with Crippen LogP contribution in [0.4, 0.5) is 21.7 Å². The first-order valence-electron chi connectivity index (χ1n) is 14.2. The van der Waals surface area contributed by atoms with Gasteiger partial charge in [0.25, 0.3) is 5.91 Å². The van der Waals surface area contributed by atoms with E-state index in [1.807, 2.05) is 55.8 Å². The predicted molar refractivity (Wildman–Crippen MR) is 166 cm³/mol. The number of aryl methyl sites for hydroxylation is 3. The Balaban J connectivity index is 1.36. The smallest absolute Gasteiger partial charge is 0.262 e. The Hall–Kier alpha value is -5.45. The predicted octanol–water partition coefficient (Wildman–Crippen LogP) is 7.09. The van der Waals surface area contributed by atoms with E-state index in [9.17, 15) is 9.18 Å². The van der Waals surface area contributed by atoms with Crippen molar-refractivity contribution in [1.29, 1.82) is 0 Å². The zero-order valence-electron chi connectivity index (χ0n) is 24.7. The molecule has 0 bridgehead atoms. The fourth-order valence-electron chi connectivity index (χ4n) is 4.44. The number of carbonyl (C=O) groups is 1. The summed E-state index contributed by atoms with van der Waals surface area (Å²) in [7, 11) is 0. The molecule has 2 aromatic heterocycles. The minimum absolute atomic E-state index is 0.00305. The molecule has 5 aromatic rings. The first-order chi connectivity index (χ1) is 21.4. The summed E-state index contributed by atoms with van der Waals surface area (Å²) in [6.07, 6.45) is 7.36. The van der Waals surface area contributed by atoms with Gasteiger partial charge in [0, 0.05) is 42.6 Å². The molecule has 0 radical (unpaired) electrons. The molecular formula is C33H33FN6O4. The number of halogens is 1. The molecule has 226 valence electrons. The summed E-state index contributed by atoms with van der Waals surface area (Å²) in [5, 5.41) is 5.94. The van der Waals surface area contributed by atoms with Gasteiger partial charge in [0.05, 0.1) is 19.5 Å². The topological polar surface area (TPSA) is 112 Å². The van der Waals surface area contributed by atoms with Gasteiger partial charge in [0.2, 0.25) is 11.8 Å². The average Bonchev–Trinajstić information content (AvgIpc) is 3.53. The molecule has 0 unspecified atom stereocenters. The van der Waals surface area contributed by atoms with Crippen molar-refractivity contribution < 1.29 is 23.4 Å². The quantitative estimate of drug-likeness (QED) is 0.139. The summed E-state index contributed by atoms with van der Waals surface area (Å²) in [6.45, 7) is 7.19. The van der Waals surface area contributed by atoms with Crippen LogP contribution >= 0.6 is 0 Å². The highest BCUT2D eigenvalue weighted by Gasteiger charge is 2.20. The van der Waals surface area contributed by atoms with E-state index in [0.29, 0.717) is 42.5 Å². The van der Waals surface area contributed by atoms with Crippen molar-refractivity contribution >= 4 is 23.2 Å². The third-order valence-corrected chi connectivity index (χ3v) is 6.64. The number of amides is 1. The monoisotopic (exact) mass is 596 g/mol. The molecular weight excluding hydrogens is 563 g/mol. The molecule has 2 heterocycles. The number of ether oxygens (including phenoxy) is 3. The summed E-state index contributed by atoms with van der Waals surface area (Å²) < 4.78 is 34.3. The molecule has 0 saturated carbocycles. The van der Waals surface area contributed by atoms with E-state index in [1.165, 1.54) is 18.3 Å². The molecule has 0 aliphatic heterocycles. The number of rotatable bonds is 13. The maximum Gasteiger partial charge on any atom is 0.262 e. The van der Waals surface area contributed by atoms with Gasteiger partial charge in [-0.05, 0) is 62.6 Å². The Morgan fingerprint density at radius 1 is 0.977 bits per heavy atom. The largest absolute Gasteiger partial charge is 0.490 e. The fourth-order valence-corrected chi connectivity index (χ4v) is 4.44. The van der Waals surface area contributed by atoms with Gasteiger partial charge in [-0.2, -0.15) is 4.98 Å². The van der Waals surface area contributed by atoms with Crippen LogP contribution in [0.3, 0.4) is 0 Å². The molecule has 0 saturated heterocycles. The Morgan fingerprint density at radius 2 is 1.77 bits per heavy atom. The molecule has 0 aliphatic rings. The SMILES string of the molecule is CCOc1ccccc1Oc1nc(Nc2ccc(OCCCn3ccnc3)c(F)c2)ncc1C(=O)Nc1c(C)cccc1C. The van der Waals surface area contributed by atoms with Crippen molar-refractivity contribution in [2.75, 3.05) is 23.8 Å². The maximum absolute atomic E-state index is 14.9. The van der Waals surface area contributed by atoms with Crippen molar-refractivity contribution in [3.05, 3.63) is 108 Å². The lowest BCUT2D eigenvalue weighted by atomic mass is 10.1. The van der Waals surface area contributed by atoms with Crippen LogP contribution in [0.2, 0.25) is 0 Å². The molecule has 1 amide bonds. The molecule has 0 atom stereocenters. The Kier molecular flexibility index (Phi) is 9.65. The summed E-state index contributed by atoms with van der Waals surface area (Å²) >= 11 is 0. The number of anilines is 3. The summed E-state index contributed by atoms with van der Waals surface area (Å²) in [5.74, 6) is 0.121. The minimum Gasteiger partial charge on any atom is -0.490 e. The van der Waals surface area contributed by atoms with Crippen LogP contribution in [-0.4, -0.2) is 38.6 Å². The van der Waals surface area contributed by atoms with Gasteiger partial charge < -0.3 is 29.4 Å². The van der Waals surface area contributed by atoms with Crippen LogP contribution < -0.4 is 24.8 Å². The molecule has 5 rings (SSSR count). The maximum atomic E-state index is 14.9. The zero-order valence-corrected chi connectivity index (χ0v) is 24.7. The number of nitrogens with zero attached hydrogens (tertiary/aromatic N) is 4. The molecule has 3 aromatic carbocycles. The normalized spacial score (nSPS) is 10.7. The van der Waals surface area contributed by atoms with Crippen LogP contribution in [0.25, 0.3) is 0 Å². The Labute approximate surface area is 254 Å². The van der Waals surface area contributed by atoms with Crippen LogP contribution in [0.1, 0.15) is 34.8 Å². The number of para-hydroxylation sites is 3. The standard InChI is InChI=1S/C33H33FN6O4/c1-4-42-28-11-5-6-12-29(28)44-32-25(31(41)38-30-22(2)9-7-10-23(30)3)20-36-33(39-32)37-24-13-14-27(26(34)19-24)43-18-8-16-40-17-15-35-21-40/h5-7,9-15,17,19-21H,4,8,16,18H2,1-3H3,(H,38,41)(H,36,37,39). The van der Waals surface area contributed by atoms with Crippen LogP contribution in [0, 0.1) is 19.7 Å². The third-order valence-electron chi connectivity index (χ3n) is 6.64. The van der Waals surface area contributed by atoms with Gasteiger partial charge in [-0.1, -0.05) is 30.3 Å². The average molecular weight is 597 g/mol. The lowest BCUT2D eigenvalue weighted by Gasteiger charge is -2.16. The second kappa shape index (κ2) is 14.1. The lowest BCUT2D eigenvalue weighted by molar-refractivity contribution is 0.102. The molecule has 0 spiro atoms. The third kappa shape index (κ3) is 7.49.